The summed E-state index contributed by atoms with van der Waals surface area (Å²) in [7, 11) is 1.67. The lowest BCUT2D eigenvalue weighted by Gasteiger charge is -2.49. The van der Waals surface area contributed by atoms with Crippen molar-refractivity contribution in [3.63, 3.8) is 0 Å². The van der Waals surface area contributed by atoms with Crippen LogP contribution in [0.2, 0.25) is 0 Å². The summed E-state index contributed by atoms with van der Waals surface area (Å²) in [5, 5.41) is 3.97. The Balaban J connectivity index is 1.75. The van der Waals surface area contributed by atoms with Crippen LogP contribution in [0.4, 0.5) is 5.69 Å². The molecule has 136 valence electrons. The van der Waals surface area contributed by atoms with Crippen LogP contribution in [0.1, 0.15) is 34.1 Å². The average molecular weight is 345 g/mol. The Morgan fingerprint density at radius 1 is 1.28 bits per heavy atom. The molecule has 2 heterocycles. The zero-order valence-electron chi connectivity index (χ0n) is 15.7. The Morgan fingerprint density at radius 3 is 2.64 bits per heavy atom. The number of anilines is 1. The summed E-state index contributed by atoms with van der Waals surface area (Å²) in [6.07, 6.45) is 0.558. The summed E-state index contributed by atoms with van der Waals surface area (Å²) in [6.45, 7) is 10.1. The molecule has 1 saturated heterocycles. The molecule has 0 saturated carbocycles. The number of ether oxygens (including phenoxy) is 1. The highest BCUT2D eigenvalue weighted by molar-refractivity contribution is 5.94. The van der Waals surface area contributed by atoms with E-state index in [1.54, 1.807) is 7.11 Å². The Morgan fingerprint density at radius 2 is 2.04 bits per heavy atom. The predicted molar refractivity (Wildman–Crippen MR) is 98.2 cm³/mol. The number of piperazine rings is 1. The summed E-state index contributed by atoms with van der Waals surface area (Å²) in [5.74, 6) is 0.859. The van der Waals surface area contributed by atoms with E-state index in [1.165, 1.54) is 0 Å². The van der Waals surface area contributed by atoms with Gasteiger partial charge in [0.1, 0.15) is 5.75 Å². The first kappa shape index (κ1) is 17.6. The van der Waals surface area contributed by atoms with E-state index < -0.39 is 5.60 Å². The number of carbonyl (C=O) groups excluding carboxylic acids is 1. The summed E-state index contributed by atoms with van der Waals surface area (Å²) >= 11 is 0. The second-order valence-electron chi connectivity index (χ2n) is 7.72. The maximum Gasteiger partial charge on any atom is 0.269 e. The highest BCUT2D eigenvalue weighted by Crippen LogP contribution is 2.33. The van der Waals surface area contributed by atoms with Gasteiger partial charge in [-0.05, 0) is 39.8 Å². The topological polar surface area (TPSA) is 54.4 Å². The molecule has 0 spiro atoms. The lowest BCUT2D eigenvalue weighted by atomic mass is 9.93. The molecule has 0 unspecified atom stereocenters. The monoisotopic (exact) mass is 345 g/mol. The Hall–Kier alpha value is -2.24. The van der Waals surface area contributed by atoms with Crippen molar-refractivity contribution < 1.29 is 14.4 Å². The number of oxime groups is 1. The summed E-state index contributed by atoms with van der Waals surface area (Å²) in [5.41, 5.74) is 0.924. The molecule has 1 amide bonds. The number of benzene rings is 1. The van der Waals surface area contributed by atoms with Gasteiger partial charge in [0.2, 0.25) is 5.60 Å². The van der Waals surface area contributed by atoms with Crippen LogP contribution in [0.5, 0.6) is 5.75 Å². The van der Waals surface area contributed by atoms with Crippen molar-refractivity contribution in [1.29, 1.82) is 0 Å². The average Bonchev–Trinajstić information content (AvgIpc) is 2.93. The van der Waals surface area contributed by atoms with Gasteiger partial charge in [-0.2, -0.15) is 0 Å². The standard InChI is InChI=1S/C19H27N3O3/c1-14-12-19(4,25-20-14)17(23)21-9-10-22(18(2,3)13-21)15-7-6-8-16(11-15)24-5/h6-8,11H,9-10,12-13H2,1-5H3/t19-/m1/s1. The fraction of sp³-hybridized carbons (Fsp3) is 0.579. The molecule has 1 aromatic rings. The maximum atomic E-state index is 13.0. The molecule has 1 fully saturated rings. The van der Waals surface area contributed by atoms with Crippen molar-refractivity contribution in [3.05, 3.63) is 24.3 Å². The minimum Gasteiger partial charge on any atom is -0.497 e. The van der Waals surface area contributed by atoms with Crippen LogP contribution in [0.25, 0.3) is 0 Å². The summed E-state index contributed by atoms with van der Waals surface area (Å²) in [4.78, 5) is 22.7. The van der Waals surface area contributed by atoms with E-state index in [2.05, 4.69) is 30.0 Å². The smallest absolute Gasteiger partial charge is 0.269 e. The zero-order chi connectivity index (χ0) is 18.2. The molecular weight excluding hydrogens is 318 g/mol. The molecule has 2 aliphatic rings. The third-order valence-corrected chi connectivity index (χ3v) is 5.00. The van der Waals surface area contributed by atoms with Gasteiger partial charge in [-0.25, -0.2) is 0 Å². The van der Waals surface area contributed by atoms with Crippen LogP contribution in [-0.4, -0.2) is 54.4 Å². The number of carbonyl (C=O) groups is 1. The SMILES string of the molecule is COc1cccc(N2CCN(C(=O)[C@@]3(C)CC(C)=NO3)CC2(C)C)c1. The lowest BCUT2D eigenvalue weighted by Crippen LogP contribution is -2.63. The molecule has 6 nitrogen and oxygen atoms in total. The molecule has 0 aliphatic carbocycles. The lowest BCUT2D eigenvalue weighted by molar-refractivity contribution is -0.154. The molecule has 2 aliphatic heterocycles. The number of hydrogen-bond acceptors (Lipinski definition) is 5. The van der Waals surface area contributed by atoms with E-state index in [0.717, 1.165) is 23.7 Å². The van der Waals surface area contributed by atoms with Gasteiger partial charge in [0.05, 0.1) is 18.4 Å². The highest BCUT2D eigenvalue weighted by atomic mass is 16.7. The van der Waals surface area contributed by atoms with Crippen LogP contribution in [0, 0.1) is 0 Å². The first-order valence-corrected chi connectivity index (χ1v) is 8.68. The molecule has 3 rings (SSSR count). The normalized spacial score (nSPS) is 25.4. The third-order valence-electron chi connectivity index (χ3n) is 5.00. The predicted octanol–water partition coefficient (Wildman–Crippen LogP) is 2.68. The highest BCUT2D eigenvalue weighted by Gasteiger charge is 2.46. The molecule has 0 bridgehead atoms. The molecule has 6 heteroatoms. The first-order valence-electron chi connectivity index (χ1n) is 8.68. The van der Waals surface area contributed by atoms with Crippen molar-refractivity contribution >= 4 is 17.3 Å². The van der Waals surface area contributed by atoms with Crippen molar-refractivity contribution in [2.75, 3.05) is 31.6 Å². The zero-order valence-corrected chi connectivity index (χ0v) is 15.7. The number of rotatable bonds is 3. The maximum absolute atomic E-state index is 13.0. The van der Waals surface area contributed by atoms with Gasteiger partial charge in [-0.1, -0.05) is 11.2 Å². The molecule has 1 aromatic carbocycles. The van der Waals surface area contributed by atoms with Crippen LogP contribution in [0.15, 0.2) is 29.4 Å². The fourth-order valence-corrected chi connectivity index (χ4v) is 3.77. The Labute approximate surface area is 149 Å². The van der Waals surface area contributed by atoms with Gasteiger partial charge >= 0.3 is 0 Å². The van der Waals surface area contributed by atoms with Crippen LogP contribution < -0.4 is 9.64 Å². The van der Waals surface area contributed by atoms with Crippen molar-refractivity contribution in [2.24, 2.45) is 5.16 Å². The molecule has 0 radical (unpaired) electrons. The first-order chi connectivity index (χ1) is 11.7. The number of amides is 1. The van der Waals surface area contributed by atoms with E-state index in [1.807, 2.05) is 36.9 Å². The van der Waals surface area contributed by atoms with Crippen LogP contribution >= 0.6 is 0 Å². The van der Waals surface area contributed by atoms with Gasteiger partial charge in [0, 0.05) is 37.8 Å². The van der Waals surface area contributed by atoms with E-state index >= 15 is 0 Å². The van der Waals surface area contributed by atoms with Gasteiger partial charge in [-0.3, -0.25) is 4.79 Å². The number of hydrogen-bond donors (Lipinski definition) is 0. The van der Waals surface area contributed by atoms with Gasteiger partial charge in [0.15, 0.2) is 0 Å². The largest absolute Gasteiger partial charge is 0.497 e. The van der Waals surface area contributed by atoms with Gasteiger partial charge < -0.3 is 19.4 Å². The van der Waals surface area contributed by atoms with E-state index in [0.29, 0.717) is 19.5 Å². The van der Waals surface area contributed by atoms with Crippen molar-refractivity contribution in [1.82, 2.24) is 4.90 Å². The van der Waals surface area contributed by atoms with Crippen molar-refractivity contribution in [3.8, 4) is 5.75 Å². The number of nitrogens with zero attached hydrogens (tertiary/aromatic N) is 3. The quantitative estimate of drug-likeness (QED) is 0.845. The number of methoxy groups -OCH3 is 1. The minimum atomic E-state index is -0.863. The second-order valence-corrected chi connectivity index (χ2v) is 7.72. The van der Waals surface area contributed by atoms with Crippen molar-refractivity contribution in [2.45, 2.75) is 45.3 Å². The minimum absolute atomic E-state index is 0.0199. The molecule has 1 atom stereocenters. The Kier molecular flexibility index (Phi) is 4.39. The molecular formula is C19H27N3O3. The van der Waals surface area contributed by atoms with Gasteiger partial charge in [0.25, 0.3) is 5.91 Å². The van der Waals surface area contributed by atoms with Crippen LogP contribution in [-0.2, 0) is 9.63 Å². The second kappa shape index (κ2) is 6.24. The molecule has 0 aromatic heterocycles. The molecule has 25 heavy (non-hydrogen) atoms. The summed E-state index contributed by atoms with van der Waals surface area (Å²) in [6, 6.07) is 8.06. The van der Waals surface area contributed by atoms with Crippen LogP contribution in [0.3, 0.4) is 0 Å². The molecule has 0 N–H and O–H groups in total. The Bertz CT molecular complexity index is 701. The van der Waals surface area contributed by atoms with E-state index in [-0.39, 0.29) is 11.4 Å². The summed E-state index contributed by atoms with van der Waals surface area (Å²) < 4.78 is 5.34. The van der Waals surface area contributed by atoms with E-state index in [9.17, 15) is 4.79 Å². The van der Waals surface area contributed by atoms with Gasteiger partial charge in [-0.15, -0.1) is 0 Å². The van der Waals surface area contributed by atoms with E-state index in [4.69, 9.17) is 9.57 Å². The fourth-order valence-electron chi connectivity index (χ4n) is 3.77. The third kappa shape index (κ3) is 3.30.